The first-order valence-electron chi connectivity index (χ1n) is 7.86. The van der Waals surface area contributed by atoms with E-state index in [1.54, 1.807) is 33.8 Å². The second-order valence-electron chi connectivity index (χ2n) is 6.36. The number of rotatable bonds is 4. The Morgan fingerprint density at radius 2 is 1.70 bits per heavy atom. The summed E-state index contributed by atoms with van der Waals surface area (Å²) in [6.45, 7) is 6.82. The molecule has 0 atom stereocenters. The second kappa shape index (κ2) is 8.21. The summed E-state index contributed by atoms with van der Waals surface area (Å²) in [6, 6.07) is 4.47. The Balaban J connectivity index is 2.56. The van der Waals surface area contributed by atoms with Crippen molar-refractivity contribution in [3.63, 3.8) is 0 Å². The number of aryl methyl sites for hydroxylation is 1. The number of phenols is 1. The fourth-order valence-electron chi connectivity index (χ4n) is 2.57. The minimum Gasteiger partial charge on any atom is -0.506 e. The average molecular weight is 616 g/mol. The maximum Gasteiger partial charge on any atom is 0.347 e. The molecule has 0 spiro atoms. The molecule has 2 aromatic carbocycles. The molecule has 2 aromatic rings. The molecule has 0 aliphatic carbocycles. The van der Waals surface area contributed by atoms with Gasteiger partial charge < -0.3 is 9.84 Å². The molecule has 0 aliphatic heterocycles. The van der Waals surface area contributed by atoms with Gasteiger partial charge in [0.05, 0.1) is 8.47 Å². The lowest BCUT2D eigenvalue weighted by atomic mass is 10.0. The first kappa shape index (κ1) is 22.4. The van der Waals surface area contributed by atoms with Crippen molar-refractivity contribution < 1.29 is 27.6 Å². The largest absolute Gasteiger partial charge is 0.506 e. The molecule has 0 radical (unpaired) electrons. The molecule has 0 fully saturated rings. The number of ether oxygens (including phenoxy) is 1. The van der Waals surface area contributed by atoms with Crippen LogP contribution in [-0.2, 0) is 10.1 Å². The Hall–Kier alpha value is -0.920. The highest BCUT2D eigenvalue weighted by molar-refractivity contribution is 14.1. The molecule has 0 bridgehead atoms. The van der Waals surface area contributed by atoms with E-state index in [4.69, 9.17) is 4.74 Å². The maximum atomic E-state index is 12.7. The Morgan fingerprint density at radius 1 is 1.11 bits per heavy atom. The van der Waals surface area contributed by atoms with Crippen molar-refractivity contribution in [3.05, 3.63) is 47.6 Å². The molecule has 146 valence electrons. The van der Waals surface area contributed by atoms with E-state index in [2.05, 4.69) is 22.6 Å². The molecular formula is C18H18I2O6S. The van der Waals surface area contributed by atoms with Crippen LogP contribution in [0.15, 0.2) is 23.1 Å². The Kier molecular flexibility index (Phi) is 6.80. The molecule has 9 heteroatoms. The van der Waals surface area contributed by atoms with E-state index in [9.17, 15) is 22.9 Å². The van der Waals surface area contributed by atoms with Crippen LogP contribution in [0.1, 0.15) is 46.8 Å². The number of aromatic hydroxyl groups is 1. The van der Waals surface area contributed by atoms with E-state index >= 15 is 0 Å². The van der Waals surface area contributed by atoms with Crippen molar-refractivity contribution in [2.24, 2.45) is 0 Å². The minimum absolute atomic E-state index is 0.0654. The number of esters is 1. The SMILES string of the molecule is Cc1cc(S(=O)(=O)O)c(C(C)C)cc1OC(=O)c1c(C)c(I)cc(I)c1O. The normalized spacial score (nSPS) is 11.7. The summed E-state index contributed by atoms with van der Waals surface area (Å²) in [5.74, 6) is -0.953. The van der Waals surface area contributed by atoms with Crippen molar-refractivity contribution >= 4 is 61.3 Å². The Morgan fingerprint density at radius 3 is 2.22 bits per heavy atom. The first-order valence-corrected chi connectivity index (χ1v) is 11.5. The predicted octanol–water partition coefficient (Wildman–Crippen LogP) is 4.81. The second-order valence-corrected chi connectivity index (χ2v) is 10.1. The standard InChI is InChI=1S/C18H18I2O6S/c1-8(2)11-6-14(9(3)5-15(11)27(23,24)25)26-18(22)16-10(4)12(19)7-13(20)17(16)21/h5-8,21H,1-4H3,(H,23,24,25). The summed E-state index contributed by atoms with van der Waals surface area (Å²) in [4.78, 5) is 12.5. The smallest absolute Gasteiger partial charge is 0.347 e. The quantitative estimate of drug-likeness (QED) is 0.222. The first-order chi connectivity index (χ1) is 12.3. The molecule has 0 aliphatic rings. The van der Waals surface area contributed by atoms with Crippen LogP contribution in [-0.4, -0.2) is 24.0 Å². The number of hydrogen-bond donors (Lipinski definition) is 2. The van der Waals surface area contributed by atoms with E-state index in [0.717, 1.165) is 3.57 Å². The van der Waals surface area contributed by atoms with Crippen molar-refractivity contribution in [2.75, 3.05) is 0 Å². The topological polar surface area (TPSA) is 101 Å². The zero-order valence-electron chi connectivity index (χ0n) is 15.0. The van der Waals surface area contributed by atoms with Gasteiger partial charge in [-0.3, -0.25) is 4.55 Å². The van der Waals surface area contributed by atoms with Gasteiger partial charge >= 0.3 is 5.97 Å². The van der Waals surface area contributed by atoms with Crippen LogP contribution in [0.5, 0.6) is 11.5 Å². The zero-order valence-corrected chi connectivity index (χ0v) is 20.1. The van der Waals surface area contributed by atoms with Crippen LogP contribution < -0.4 is 4.74 Å². The molecule has 0 unspecified atom stereocenters. The third-order valence-electron chi connectivity index (χ3n) is 4.06. The number of phenolic OH excluding ortho intramolecular Hbond substituents is 1. The van der Waals surface area contributed by atoms with E-state index in [0.29, 0.717) is 20.3 Å². The highest BCUT2D eigenvalue weighted by Crippen LogP contribution is 2.34. The summed E-state index contributed by atoms with van der Waals surface area (Å²) in [6.07, 6.45) is 0. The van der Waals surface area contributed by atoms with Gasteiger partial charge in [0.15, 0.2) is 0 Å². The molecule has 0 saturated carbocycles. The van der Waals surface area contributed by atoms with Crippen LogP contribution in [0.25, 0.3) is 0 Å². The third kappa shape index (κ3) is 4.74. The fraction of sp³-hybridized carbons (Fsp3) is 0.278. The van der Waals surface area contributed by atoms with E-state index in [-0.39, 0.29) is 27.9 Å². The predicted molar refractivity (Wildman–Crippen MR) is 118 cm³/mol. The van der Waals surface area contributed by atoms with Crippen molar-refractivity contribution in [1.29, 1.82) is 0 Å². The van der Waals surface area contributed by atoms with Crippen LogP contribution >= 0.6 is 45.2 Å². The third-order valence-corrected chi connectivity index (χ3v) is 6.92. The van der Waals surface area contributed by atoms with Crippen molar-refractivity contribution in [2.45, 2.75) is 38.5 Å². The summed E-state index contributed by atoms with van der Waals surface area (Å²) in [7, 11) is -4.41. The van der Waals surface area contributed by atoms with Gasteiger partial charge in [0.2, 0.25) is 0 Å². The average Bonchev–Trinajstić information content (AvgIpc) is 2.53. The molecule has 27 heavy (non-hydrogen) atoms. The highest BCUT2D eigenvalue weighted by Gasteiger charge is 2.24. The lowest BCUT2D eigenvalue weighted by molar-refractivity contribution is 0.0729. The molecule has 0 heterocycles. The monoisotopic (exact) mass is 616 g/mol. The van der Waals surface area contributed by atoms with Gasteiger partial charge in [-0.2, -0.15) is 8.42 Å². The van der Waals surface area contributed by atoms with E-state index < -0.39 is 16.1 Å². The Labute approximate surface area is 185 Å². The van der Waals surface area contributed by atoms with Crippen LogP contribution in [0.4, 0.5) is 0 Å². The summed E-state index contributed by atoms with van der Waals surface area (Å²) >= 11 is 4.01. The van der Waals surface area contributed by atoms with Crippen LogP contribution in [0.3, 0.4) is 0 Å². The van der Waals surface area contributed by atoms with Crippen LogP contribution in [0, 0.1) is 21.0 Å². The fourth-order valence-corrected chi connectivity index (χ4v) is 5.24. The summed E-state index contributed by atoms with van der Waals surface area (Å²) in [5.41, 5.74) is 1.37. The molecule has 2 rings (SSSR count). The van der Waals surface area contributed by atoms with Gasteiger partial charge in [-0.05, 0) is 99.8 Å². The summed E-state index contributed by atoms with van der Waals surface area (Å²) < 4.78 is 39.6. The van der Waals surface area contributed by atoms with E-state index in [1.807, 2.05) is 22.6 Å². The molecule has 2 N–H and O–H groups in total. The zero-order chi connectivity index (χ0) is 20.7. The van der Waals surface area contributed by atoms with Gasteiger partial charge in [0, 0.05) is 3.57 Å². The lowest BCUT2D eigenvalue weighted by Crippen LogP contribution is -2.14. The van der Waals surface area contributed by atoms with Gasteiger partial charge in [-0.25, -0.2) is 4.79 Å². The number of halogens is 2. The number of benzene rings is 2. The number of carbonyl (C=O) groups excluding carboxylic acids is 1. The van der Waals surface area contributed by atoms with Gasteiger partial charge in [-0.1, -0.05) is 13.8 Å². The molecule has 6 nitrogen and oxygen atoms in total. The van der Waals surface area contributed by atoms with E-state index in [1.165, 1.54) is 12.1 Å². The number of hydrogen-bond acceptors (Lipinski definition) is 5. The maximum absolute atomic E-state index is 12.7. The Bertz CT molecular complexity index is 1000. The molecule has 0 aromatic heterocycles. The molecular weight excluding hydrogens is 598 g/mol. The molecule has 0 saturated heterocycles. The van der Waals surface area contributed by atoms with Crippen molar-refractivity contribution in [1.82, 2.24) is 0 Å². The molecule has 0 amide bonds. The highest BCUT2D eigenvalue weighted by atomic mass is 127. The number of carbonyl (C=O) groups is 1. The van der Waals surface area contributed by atoms with Gasteiger partial charge in [0.1, 0.15) is 17.1 Å². The minimum atomic E-state index is -4.41. The summed E-state index contributed by atoms with van der Waals surface area (Å²) in [5, 5.41) is 10.3. The lowest BCUT2D eigenvalue weighted by Gasteiger charge is -2.16. The van der Waals surface area contributed by atoms with Gasteiger partial charge in [-0.15, -0.1) is 0 Å². The van der Waals surface area contributed by atoms with Crippen molar-refractivity contribution in [3.8, 4) is 11.5 Å². The van der Waals surface area contributed by atoms with Gasteiger partial charge in [0.25, 0.3) is 10.1 Å². The van der Waals surface area contributed by atoms with Crippen LogP contribution in [0.2, 0.25) is 0 Å².